The highest BCUT2D eigenvalue weighted by Gasteiger charge is 2.22. The highest BCUT2D eigenvalue weighted by atomic mass is 32.2. The van der Waals surface area contributed by atoms with E-state index in [-0.39, 0.29) is 29.6 Å². The number of hydrogen-bond acceptors (Lipinski definition) is 7. The van der Waals surface area contributed by atoms with Crippen LogP contribution in [0.25, 0.3) is 15.9 Å². The monoisotopic (exact) mass is 485 g/mol. The van der Waals surface area contributed by atoms with Crippen molar-refractivity contribution in [2.75, 3.05) is 19.4 Å². The molecule has 0 aliphatic heterocycles. The number of aromatic nitrogens is 2. The summed E-state index contributed by atoms with van der Waals surface area (Å²) in [5.74, 6) is -0.327. The van der Waals surface area contributed by atoms with E-state index >= 15 is 0 Å². The maximum absolute atomic E-state index is 13.7. The molecule has 3 aromatic rings. The molecular formula is C24H27N3O4S2. The predicted octanol–water partition coefficient (Wildman–Crippen LogP) is 3.88. The SMILES string of the molecule is COC(=O)CCCNC(=O)CSc1nc2sc3c(c2c(=O)n1-c1ccccc1)CCCCC3. The Kier molecular flexibility index (Phi) is 7.82. The summed E-state index contributed by atoms with van der Waals surface area (Å²) in [6.45, 7) is 0.393. The number of benzene rings is 1. The van der Waals surface area contributed by atoms with Crippen molar-refractivity contribution in [2.24, 2.45) is 0 Å². The molecule has 0 spiro atoms. The van der Waals surface area contributed by atoms with Gasteiger partial charge in [0.25, 0.3) is 5.56 Å². The van der Waals surface area contributed by atoms with Gasteiger partial charge in [0.1, 0.15) is 4.83 Å². The minimum atomic E-state index is -0.294. The highest BCUT2D eigenvalue weighted by Crippen LogP contribution is 2.34. The number of esters is 1. The van der Waals surface area contributed by atoms with Gasteiger partial charge in [-0.25, -0.2) is 4.98 Å². The van der Waals surface area contributed by atoms with Crippen molar-refractivity contribution < 1.29 is 14.3 Å². The molecule has 0 atom stereocenters. The van der Waals surface area contributed by atoms with Crippen molar-refractivity contribution in [2.45, 2.75) is 50.1 Å². The molecule has 4 rings (SSSR count). The number of aryl methyl sites for hydroxylation is 2. The van der Waals surface area contributed by atoms with Gasteiger partial charge in [-0.3, -0.25) is 19.0 Å². The first-order valence-electron chi connectivity index (χ1n) is 11.2. The second-order valence-electron chi connectivity index (χ2n) is 7.93. The van der Waals surface area contributed by atoms with Crippen molar-refractivity contribution >= 4 is 45.2 Å². The zero-order chi connectivity index (χ0) is 23.2. The van der Waals surface area contributed by atoms with Crippen molar-refractivity contribution in [3.63, 3.8) is 0 Å². The third-order valence-electron chi connectivity index (χ3n) is 5.66. The summed E-state index contributed by atoms with van der Waals surface area (Å²) in [7, 11) is 1.35. The molecule has 1 aliphatic carbocycles. The molecule has 0 fully saturated rings. The molecule has 0 bridgehead atoms. The molecule has 9 heteroatoms. The van der Waals surface area contributed by atoms with Gasteiger partial charge in [-0.15, -0.1) is 11.3 Å². The minimum absolute atomic E-state index is 0.0633. The summed E-state index contributed by atoms with van der Waals surface area (Å²) < 4.78 is 6.24. The van der Waals surface area contributed by atoms with Gasteiger partial charge in [0.2, 0.25) is 5.91 Å². The van der Waals surface area contributed by atoms with Gasteiger partial charge in [0.15, 0.2) is 5.16 Å². The molecule has 0 unspecified atom stereocenters. The van der Waals surface area contributed by atoms with Gasteiger partial charge in [-0.05, 0) is 49.8 Å². The van der Waals surface area contributed by atoms with Crippen LogP contribution in [0, 0.1) is 0 Å². The van der Waals surface area contributed by atoms with Crippen LogP contribution in [0.4, 0.5) is 0 Å². The molecule has 33 heavy (non-hydrogen) atoms. The van der Waals surface area contributed by atoms with E-state index in [0.717, 1.165) is 47.2 Å². The first-order chi connectivity index (χ1) is 16.1. The number of ether oxygens (including phenoxy) is 1. The van der Waals surface area contributed by atoms with Gasteiger partial charge in [-0.2, -0.15) is 0 Å². The number of carbonyl (C=O) groups is 2. The fourth-order valence-corrected chi connectivity index (χ4v) is 6.15. The molecule has 2 aromatic heterocycles. The second kappa shape index (κ2) is 11.0. The minimum Gasteiger partial charge on any atom is -0.469 e. The number of thiophene rings is 1. The lowest BCUT2D eigenvalue weighted by Gasteiger charge is -2.12. The standard InChI is InChI=1S/C24H27N3O4S2/c1-31-20(29)13-8-14-25-19(28)15-32-24-26-22-21(17-11-6-3-7-12-18(17)33-22)23(30)27(24)16-9-4-2-5-10-16/h2,4-5,9-10H,3,6-8,11-15H2,1H3,(H,25,28). The Morgan fingerprint density at radius 2 is 1.97 bits per heavy atom. The molecule has 1 aromatic carbocycles. The average molecular weight is 486 g/mol. The maximum Gasteiger partial charge on any atom is 0.305 e. The van der Waals surface area contributed by atoms with Crippen LogP contribution in [0.1, 0.15) is 42.5 Å². The van der Waals surface area contributed by atoms with Crippen molar-refractivity contribution in [1.29, 1.82) is 0 Å². The zero-order valence-electron chi connectivity index (χ0n) is 18.6. The van der Waals surface area contributed by atoms with E-state index in [1.54, 1.807) is 15.9 Å². The van der Waals surface area contributed by atoms with Gasteiger partial charge < -0.3 is 10.1 Å². The molecule has 174 valence electrons. The number of para-hydroxylation sites is 1. The Balaban J connectivity index is 1.60. The van der Waals surface area contributed by atoms with E-state index in [9.17, 15) is 14.4 Å². The van der Waals surface area contributed by atoms with Gasteiger partial charge in [0.05, 0.1) is 23.9 Å². The van der Waals surface area contributed by atoms with Crippen LogP contribution in [0.15, 0.2) is 40.3 Å². The third kappa shape index (κ3) is 5.47. The molecule has 1 N–H and O–H groups in total. The smallest absolute Gasteiger partial charge is 0.305 e. The fourth-order valence-electron chi connectivity index (χ4n) is 4.01. The van der Waals surface area contributed by atoms with Crippen molar-refractivity contribution in [3.8, 4) is 5.69 Å². The van der Waals surface area contributed by atoms with Crippen LogP contribution < -0.4 is 10.9 Å². The number of rotatable bonds is 8. The lowest BCUT2D eigenvalue weighted by molar-refractivity contribution is -0.140. The van der Waals surface area contributed by atoms with Gasteiger partial charge >= 0.3 is 5.97 Å². The molecular weight excluding hydrogens is 458 g/mol. The first-order valence-corrected chi connectivity index (χ1v) is 13.0. The highest BCUT2D eigenvalue weighted by molar-refractivity contribution is 7.99. The summed E-state index contributed by atoms with van der Waals surface area (Å²) in [6, 6.07) is 9.46. The quantitative estimate of drug-likeness (QED) is 0.171. The Hall–Kier alpha value is -2.65. The Morgan fingerprint density at radius 3 is 2.76 bits per heavy atom. The van der Waals surface area contributed by atoms with E-state index in [1.807, 2.05) is 30.3 Å². The Morgan fingerprint density at radius 1 is 1.18 bits per heavy atom. The first kappa shape index (κ1) is 23.5. The summed E-state index contributed by atoms with van der Waals surface area (Å²) in [6.07, 6.45) is 6.12. The van der Waals surface area contributed by atoms with Crippen LogP contribution in [-0.4, -0.2) is 40.8 Å². The van der Waals surface area contributed by atoms with Gasteiger partial charge in [-0.1, -0.05) is 36.4 Å². The summed E-state index contributed by atoms with van der Waals surface area (Å²) >= 11 is 2.87. The second-order valence-corrected chi connectivity index (χ2v) is 9.96. The number of amides is 1. The topological polar surface area (TPSA) is 90.3 Å². The van der Waals surface area contributed by atoms with Crippen LogP contribution in [0.3, 0.4) is 0 Å². The number of methoxy groups -OCH3 is 1. The normalized spacial score (nSPS) is 13.4. The molecule has 1 amide bonds. The molecule has 0 saturated carbocycles. The number of nitrogens with zero attached hydrogens (tertiary/aromatic N) is 2. The van der Waals surface area contributed by atoms with Gasteiger partial charge in [0, 0.05) is 17.8 Å². The van der Waals surface area contributed by atoms with E-state index in [2.05, 4.69) is 10.1 Å². The van der Waals surface area contributed by atoms with Crippen LogP contribution in [0.5, 0.6) is 0 Å². The molecule has 0 radical (unpaired) electrons. The third-order valence-corrected chi connectivity index (χ3v) is 7.79. The summed E-state index contributed by atoms with van der Waals surface area (Å²) in [4.78, 5) is 44.2. The number of thioether (sulfide) groups is 1. The number of hydrogen-bond donors (Lipinski definition) is 1. The Bertz CT molecular complexity index is 1200. The predicted molar refractivity (Wildman–Crippen MR) is 131 cm³/mol. The summed E-state index contributed by atoms with van der Waals surface area (Å²) in [5.41, 5.74) is 1.84. The number of nitrogens with one attached hydrogen (secondary N) is 1. The number of fused-ring (bicyclic) bond motifs is 3. The van der Waals surface area contributed by atoms with Crippen LogP contribution in [0.2, 0.25) is 0 Å². The van der Waals surface area contributed by atoms with Crippen LogP contribution in [-0.2, 0) is 27.2 Å². The number of carbonyl (C=O) groups excluding carboxylic acids is 2. The maximum atomic E-state index is 13.7. The van der Waals surface area contributed by atoms with E-state index in [4.69, 9.17) is 4.98 Å². The summed E-state index contributed by atoms with van der Waals surface area (Å²) in [5, 5.41) is 4.06. The van der Waals surface area contributed by atoms with E-state index < -0.39 is 0 Å². The molecule has 7 nitrogen and oxygen atoms in total. The molecule has 0 saturated heterocycles. The van der Waals surface area contributed by atoms with E-state index in [1.165, 1.54) is 30.2 Å². The fraction of sp³-hybridized carbons (Fsp3) is 0.417. The van der Waals surface area contributed by atoms with Crippen molar-refractivity contribution in [1.82, 2.24) is 14.9 Å². The van der Waals surface area contributed by atoms with E-state index in [0.29, 0.717) is 18.1 Å². The molecule has 2 heterocycles. The van der Waals surface area contributed by atoms with Crippen LogP contribution >= 0.6 is 23.1 Å². The van der Waals surface area contributed by atoms with Crippen molar-refractivity contribution in [3.05, 3.63) is 51.1 Å². The average Bonchev–Trinajstić information content (AvgIpc) is 3.02. The lowest BCUT2D eigenvalue weighted by atomic mass is 10.1. The zero-order valence-corrected chi connectivity index (χ0v) is 20.2. The molecule has 1 aliphatic rings. The lowest BCUT2D eigenvalue weighted by Crippen LogP contribution is -2.27. The Labute approximate surface area is 200 Å². The largest absolute Gasteiger partial charge is 0.469 e.